The number of ketones is 1. The second-order valence-electron chi connectivity index (χ2n) is 6.83. The highest BCUT2D eigenvalue weighted by Gasteiger charge is 2.39. The van der Waals surface area contributed by atoms with E-state index in [-0.39, 0.29) is 22.0 Å². The maximum Gasteiger partial charge on any atom is 0.408 e. The van der Waals surface area contributed by atoms with Gasteiger partial charge in [0, 0.05) is 24.1 Å². The fourth-order valence-electron chi connectivity index (χ4n) is 2.98. The van der Waals surface area contributed by atoms with Crippen LogP contribution in [0.15, 0.2) is 12.1 Å². The lowest BCUT2D eigenvalue weighted by Crippen LogP contribution is -2.46. The van der Waals surface area contributed by atoms with E-state index in [1.165, 1.54) is 24.6 Å². The first kappa shape index (κ1) is 23.4. The number of carbonyl (C=O) groups is 3. The number of Topliss-reactive ketones (excluding diaryl/α,β-unsaturated/α-hetero) is 1. The molecule has 0 saturated heterocycles. The molecule has 0 radical (unpaired) electrons. The van der Waals surface area contributed by atoms with Gasteiger partial charge in [0.15, 0.2) is 0 Å². The number of carbonyl (C=O) groups excluding carboxylic acids is 3. The van der Waals surface area contributed by atoms with Crippen molar-refractivity contribution in [2.45, 2.75) is 39.9 Å². The number of aryl methyl sites for hydroxylation is 1. The van der Waals surface area contributed by atoms with Gasteiger partial charge in [-0.1, -0.05) is 11.6 Å². The average Bonchev–Trinajstić information content (AvgIpc) is 2.81. The Balaban J connectivity index is 2.35. The average molecular weight is 445 g/mol. The van der Waals surface area contributed by atoms with Crippen LogP contribution in [-0.2, 0) is 11.8 Å². The molecule has 0 aromatic carbocycles. The quantitative estimate of drug-likeness (QED) is 0.419. The first-order chi connectivity index (χ1) is 13.7. The number of rotatable bonds is 5. The molecule has 0 bridgehead atoms. The van der Waals surface area contributed by atoms with Crippen molar-refractivity contribution in [3.63, 3.8) is 0 Å². The number of anilines is 1. The fourth-order valence-corrected chi connectivity index (χ4v) is 3.23. The lowest BCUT2D eigenvalue weighted by atomic mass is 10.1. The normalized spacial score (nSPS) is 12.4. The van der Waals surface area contributed by atoms with E-state index < -0.39 is 29.8 Å². The molecular weight excluding hydrogens is 425 g/mol. The monoisotopic (exact) mass is 444 g/mol. The Kier molecular flexibility index (Phi) is 6.60. The molecule has 2 aromatic heterocycles. The molecule has 0 fully saturated rings. The molecule has 1 unspecified atom stereocenters. The maximum atomic E-state index is 12.8. The van der Waals surface area contributed by atoms with Crippen LogP contribution in [0.3, 0.4) is 0 Å². The van der Waals surface area contributed by atoms with Crippen LogP contribution in [0.25, 0.3) is 0 Å². The molecule has 0 aliphatic carbocycles. The number of hydrogen-bond donors (Lipinski definition) is 2. The third-order valence-corrected chi connectivity index (χ3v) is 4.79. The van der Waals surface area contributed by atoms with Crippen LogP contribution in [0.1, 0.15) is 44.7 Å². The van der Waals surface area contributed by atoms with E-state index in [4.69, 9.17) is 11.6 Å². The van der Waals surface area contributed by atoms with Gasteiger partial charge in [-0.2, -0.15) is 13.2 Å². The largest absolute Gasteiger partial charge is 0.408 e. The Morgan fingerprint density at radius 1 is 1.17 bits per heavy atom. The van der Waals surface area contributed by atoms with Gasteiger partial charge in [-0.15, -0.1) is 0 Å². The van der Waals surface area contributed by atoms with E-state index in [1.807, 2.05) is 0 Å². The van der Waals surface area contributed by atoms with Crippen molar-refractivity contribution in [2.75, 3.05) is 5.32 Å². The summed E-state index contributed by atoms with van der Waals surface area (Å²) in [6.45, 7) is 5.42. The van der Waals surface area contributed by atoms with Gasteiger partial charge < -0.3 is 15.2 Å². The molecule has 2 heterocycles. The molecule has 0 aliphatic rings. The molecule has 2 N–H and O–H groups in total. The Morgan fingerprint density at radius 3 is 2.30 bits per heavy atom. The first-order valence-corrected chi connectivity index (χ1v) is 9.15. The zero-order chi connectivity index (χ0) is 23.0. The minimum atomic E-state index is -4.69. The van der Waals surface area contributed by atoms with E-state index in [2.05, 4.69) is 10.3 Å². The van der Waals surface area contributed by atoms with Crippen molar-refractivity contribution in [3.8, 4) is 0 Å². The highest BCUT2D eigenvalue weighted by molar-refractivity contribution is 6.43. The Hall–Kier alpha value is -2.88. The fraction of sp³-hybridized carbons (Fsp3) is 0.368. The Morgan fingerprint density at radius 2 is 1.77 bits per heavy atom. The highest BCUT2D eigenvalue weighted by atomic mass is 35.5. The molecule has 0 spiro atoms. The lowest BCUT2D eigenvalue weighted by molar-refractivity contribution is -0.156. The standard InChI is InChI=1S/C19H20ClF3N4O3/c1-8-6-12(7-13(20)24-8)26-17(29)14-9(2)15(27(5)10(14)3)16(28)18(30)25-11(4)19(21,22)23/h6-7,11H,1-5H3,(H,25,30)(H,24,26,29). The van der Waals surface area contributed by atoms with Crippen LogP contribution in [0.5, 0.6) is 0 Å². The van der Waals surface area contributed by atoms with Crippen molar-refractivity contribution in [1.82, 2.24) is 14.9 Å². The van der Waals surface area contributed by atoms with E-state index >= 15 is 0 Å². The summed E-state index contributed by atoms with van der Waals surface area (Å²) in [6.07, 6.45) is -4.69. The van der Waals surface area contributed by atoms with Gasteiger partial charge in [0.25, 0.3) is 17.6 Å². The van der Waals surface area contributed by atoms with Gasteiger partial charge in [-0.25, -0.2) is 4.98 Å². The SMILES string of the molecule is Cc1cc(NC(=O)c2c(C)c(C(=O)C(=O)NC(C)C(F)(F)F)n(C)c2C)cc(Cl)n1. The highest BCUT2D eigenvalue weighted by Crippen LogP contribution is 2.25. The van der Waals surface area contributed by atoms with Gasteiger partial charge in [0.1, 0.15) is 11.2 Å². The second-order valence-corrected chi connectivity index (χ2v) is 7.22. The topological polar surface area (TPSA) is 93.1 Å². The van der Waals surface area contributed by atoms with Crippen LogP contribution in [0.4, 0.5) is 18.9 Å². The van der Waals surface area contributed by atoms with Gasteiger partial charge in [-0.3, -0.25) is 14.4 Å². The number of halogens is 4. The van der Waals surface area contributed by atoms with Gasteiger partial charge in [-0.05, 0) is 45.4 Å². The van der Waals surface area contributed by atoms with E-state index in [0.29, 0.717) is 17.1 Å². The smallest absolute Gasteiger partial charge is 0.344 e. The summed E-state index contributed by atoms with van der Waals surface area (Å²) in [6, 6.07) is 0.839. The Bertz CT molecular complexity index is 1010. The van der Waals surface area contributed by atoms with Gasteiger partial charge >= 0.3 is 6.18 Å². The minimum Gasteiger partial charge on any atom is -0.344 e. The number of aromatic nitrogens is 2. The number of nitrogens with one attached hydrogen (secondary N) is 2. The van der Waals surface area contributed by atoms with E-state index in [0.717, 1.165) is 6.92 Å². The summed E-state index contributed by atoms with van der Waals surface area (Å²) in [4.78, 5) is 41.4. The van der Waals surface area contributed by atoms with Gasteiger partial charge in [0.2, 0.25) is 0 Å². The number of nitrogens with zero attached hydrogens (tertiary/aromatic N) is 2. The summed E-state index contributed by atoms with van der Waals surface area (Å²) in [5, 5.41) is 4.46. The minimum absolute atomic E-state index is 0.128. The van der Waals surface area contributed by atoms with E-state index in [1.54, 1.807) is 25.2 Å². The number of hydrogen-bond acceptors (Lipinski definition) is 4. The van der Waals surface area contributed by atoms with Crippen LogP contribution in [0, 0.1) is 20.8 Å². The summed E-state index contributed by atoms with van der Waals surface area (Å²) >= 11 is 5.89. The molecule has 0 aliphatic heterocycles. The molecule has 2 amide bonds. The summed E-state index contributed by atoms with van der Waals surface area (Å²) in [5.74, 6) is -3.14. The summed E-state index contributed by atoms with van der Waals surface area (Å²) in [7, 11) is 1.44. The van der Waals surface area contributed by atoms with Crippen molar-refractivity contribution >= 4 is 34.9 Å². The van der Waals surface area contributed by atoms with Crippen molar-refractivity contribution < 1.29 is 27.6 Å². The summed E-state index contributed by atoms with van der Waals surface area (Å²) in [5.41, 5.74) is 1.44. The molecular formula is C19H20ClF3N4O3. The molecule has 2 rings (SSSR count). The first-order valence-electron chi connectivity index (χ1n) is 8.77. The number of pyridine rings is 1. The third-order valence-electron chi connectivity index (χ3n) is 4.60. The maximum absolute atomic E-state index is 12.8. The van der Waals surface area contributed by atoms with Crippen LogP contribution >= 0.6 is 11.6 Å². The lowest BCUT2D eigenvalue weighted by Gasteiger charge is -2.16. The van der Waals surface area contributed by atoms with E-state index in [9.17, 15) is 27.6 Å². The number of amides is 2. The zero-order valence-corrected chi connectivity index (χ0v) is 17.6. The van der Waals surface area contributed by atoms with Crippen LogP contribution < -0.4 is 10.6 Å². The molecule has 162 valence electrons. The predicted octanol–water partition coefficient (Wildman–Crippen LogP) is 3.50. The second kappa shape index (κ2) is 8.47. The zero-order valence-electron chi connectivity index (χ0n) is 16.9. The molecule has 11 heteroatoms. The summed E-state index contributed by atoms with van der Waals surface area (Å²) < 4.78 is 39.3. The van der Waals surface area contributed by atoms with Gasteiger partial charge in [0.05, 0.1) is 11.3 Å². The predicted molar refractivity (Wildman–Crippen MR) is 105 cm³/mol. The molecule has 2 aromatic rings. The number of alkyl halides is 3. The molecule has 1 atom stereocenters. The van der Waals surface area contributed by atoms with Crippen molar-refractivity contribution in [3.05, 3.63) is 45.5 Å². The molecule has 30 heavy (non-hydrogen) atoms. The molecule has 0 saturated carbocycles. The third kappa shape index (κ3) is 4.81. The van der Waals surface area contributed by atoms with Crippen molar-refractivity contribution in [1.29, 1.82) is 0 Å². The van der Waals surface area contributed by atoms with Crippen LogP contribution in [0.2, 0.25) is 5.15 Å². The van der Waals surface area contributed by atoms with Crippen LogP contribution in [-0.4, -0.2) is 39.4 Å². The molecule has 7 nitrogen and oxygen atoms in total. The van der Waals surface area contributed by atoms with Crippen molar-refractivity contribution in [2.24, 2.45) is 7.05 Å². The Labute approximate surface area is 175 Å².